The predicted octanol–water partition coefficient (Wildman–Crippen LogP) is 2.45. The van der Waals surface area contributed by atoms with E-state index in [0.29, 0.717) is 11.7 Å². The van der Waals surface area contributed by atoms with Gasteiger partial charge in [-0.1, -0.05) is 29.8 Å². The highest BCUT2D eigenvalue weighted by molar-refractivity contribution is 5.88. The summed E-state index contributed by atoms with van der Waals surface area (Å²) in [5.74, 6) is 0.801. The molecule has 1 amide bonds. The van der Waals surface area contributed by atoms with Gasteiger partial charge in [0.1, 0.15) is 5.41 Å². The van der Waals surface area contributed by atoms with Gasteiger partial charge in [0.15, 0.2) is 0 Å². The lowest BCUT2D eigenvalue weighted by Crippen LogP contribution is -2.48. The molecule has 1 aromatic carbocycles. The molecule has 1 N–H and O–H groups in total. The van der Waals surface area contributed by atoms with Gasteiger partial charge in [0.05, 0.1) is 5.52 Å². The Bertz CT molecular complexity index is 883. The van der Waals surface area contributed by atoms with Crippen molar-refractivity contribution in [2.24, 2.45) is 0 Å². The Labute approximate surface area is 132 Å². The van der Waals surface area contributed by atoms with E-state index in [9.17, 15) is 4.79 Å². The van der Waals surface area contributed by atoms with Gasteiger partial charge in [0.2, 0.25) is 17.6 Å². The Hall–Kier alpha value is -2.76. The van der Waals surface area contributed by atoms with Gasteiger partial charge < -0.3 is 9.84 Å². The fourth-order valence-corrected chi connectivity index (χ4v) is 3.04. The summed E-state index contributed by atoms with van der Waals surface area (Å²) in [7, 11) is 1.63. The van der Waals surface area contributed by atoms with E-state index < -0.39 is 5.41 Å². The zero-order chi connectivity index (χ0) is 15.9. The fourth-order valence-electron chi connectivity index (χ4n) is 3.04. The molecule has 0 spiro atoms. The number of rotatable bonds is 3. The Balaban J connectivity index is 1.73. The van der Waals surface area contributed by atoms with Crippen LogP contribution in [0.25, 0.3) is 22.3 Å². The Morgan fingerprint density at radius 3 is 2.87 bits per heavy atom. The number of nitrogens with one attached hydrogen (secondary N) is 1. The van der Waals surface area contributed by atoms with Gasteiger partial charge in [0.25, 0.3) is 0 Å². The molecule has 1 aliphatic rings. The molecule has 0 bridgehead atoms. The third-order valence-electron chi connectivity index (χ3n) is 4.55. The highest BCUT2D eigenvalue weighted by Gasteiger charge is 2.50. The molecule has 6 heteroatoms. The van der Waals surface area contributed by atoms with Crippen molar-refractivity contribution in [1.82, 2.24) is 20.4 Å². The summed E-state index contributed by atoms with van der Waals surface area (Å²) < 4.78 is 5.41. The summed E-state index contributed by atoms with van der Waals surface area (Å²) in [6.45, 7) is 0. The van der Waals surface area contributed by atoms with Crippen molar-refractivity contribution < 1.29 is 9.32 Å². The van der Waals surface area contributed by atoms with Crippen molar-refractivity contribution >= 4 is 16.8 Å². The van der Waals surface area contributed by atoms with Crippen LogP contribution in [0.2, 0.25) is 0 Å². The molecule has 1 saturated carbocycles. The van der Waals surface area contributed by atoms with Gasteiger partial charge in [-0.15, -0.1) is 0 Å². The molecule has 1 aliphatic carbocycles. The van der Waals surface area contributed by atoms with Crippen LogP contribution in [0.5, 0.6) is 0 Å². The van der Waals surface area contributed by atoms with Crippen LogP contribution >= 0.6 is 0 Å². The third-order valence-corrected chi connectivity index (χ3v) is 4.55. The summed E-state index contributed by atoms with van der Waals surface area (Å²) >= 11 is 0. The summed E-state index contributed by atoms with van der Waals surface area (Å²) in [6.07, 6.45) is 4.20. The summed E-state index contributed by atoms with van der Waals surface area (Å²) in [4.78, 5) is 21.1. The van der Waals surface area contributed by atoms with E-state index in [1.807, 2.05) is 30.3 Å². The van der Waals surface area contributed by atoms with Gasteiger partial charge >= 0.3 is 0 Å². The predicted molar refractivity (Wildman–Crippen MR) is 84.6 cm³/mol. The van der Waals surface area contributed by atoms with E-state index in [1.165, 1.54) is 0 Å². The standard InChI is InChI=1S/C17H16N4O2/c1-18-15(22)17(7-4-8-17)16-20-14(21-23-16)12-9-11-5-2-3-6-13(11)19-10-12/h2-3,5-6,9-10H,4,7-8H2,1H3,(H,18,22). The smallest absolute Gasteiger partial charge is 0.242 e. The topological polar surface area (TPSA) is 80.9 Å². The van der Waals surface area contributed by atoms with Crippen LogP contribution in [-0.4, -0.2) is 28.1 Å². The largest absolute Gasteiger partial charge is 0.358 e. The number of hydrogen-bond acceptors (Lipinski definition) is 5. The van der Waals surface area contributed by atoms with Crippen molar-refractivity contribution in [2.75, 3.05) is 7.05 Å². The molecule has 2 aromatic heterocycles. The van der Waals surface area contributed by atoms with Gasteiger partial charge in [-0.25, -0.2) is 0 Å². The lowest BCUT2D eigenvalue weighted by molar-refractivity contribution is -0.130. The first-order valence-corrected chi connectivity index (χ1v) is 7.64. The molecular formula is C17H16N4O2. The van der Waals surface area contributed by atoms with Gasteiger partial charge in [0, 0.05) is 24.2 Å². The second kappa shape index (κ2) is 5.15. The van der Waals surface area contributed by atoms with Crippen LogP contribution in [0.1, 0.15) is 25.2 Å². The van der Waals surface area contributed by atoms with Gasteiger partial charge in [-0.05, 0) is 25.0 Å². The molecule has 0 aliphatic heterocycles. The van der Waals surface area contributed by atoms with Crippen LogP contribution in [-0.2, 0) is 10.2 Å². The number of amides is 1. The molecule has 4 rings (SSSR count). The Morgan fingerprint density at radius 1 is 1.30 bits per heavy atom. The average Bonchev–Trinajstić information content (AvgIpc) is 3.03. The Kier molecular flexibility index (Phi) is 3.11. The molecule has 0 saturated heterocycles. The molecule has 0 radical (unpaired) electrons. The minimum atomic E-state index is -0.662. The quantitative estimate of drug-likeness (QED) is 0.804. The minimum Gasteiger partial charge on any atom is -0.358 e. The lowest BCUT2D eigenvalue weighted by Gasteiger charge is -2.35. The molecule has 1 fully saturated rings. The summed E-state index contributed by atoms with van der Waals surface area (Å²) in [5.41, 5.74) is 1.04. The monoisotopic (exact) mass is 308 g/mol. The summed E-state index contributed by atoms with van der Waals surface area (Å²) in [6, 6.07) is 9.83. The molecule has 0 atom stereocenters. The SMILES string of the molecule is CNC(=O)C1(c2nc(-c3cnc4ccccc4c3)no2)CCC1. The van der Waals surface area contributed by atoms with Crippen molar-refractivity contribution in [3.63, 3.8) is 0 Å². The lowest BCUT2D eigenvalue weighted by atomic mass is 9.68. The maximum atomic E-state index is 12.2. The molecule has 3 aromatic rings. The first-order valence-electron chi connectivity index (χ1n) is 7.64. The average molecular weight is 308 g/mol. The fraction of sp³-hybridized carbons (Fsp3) is 0.294. The van der Waals surface area contributed by atoms with Crippen molar-refractivity contribution in [1.29, 1.82) is 0 Å². The first-order chi connectivity index (χ1) is 11.2. The van der Waals surface area contributed by atoms with E-state index >= 15 is 0 Å². The van der Waals surface area contributed by atoms with E-state index in [0.717, 1.165) is 35.7 Å². The number of carbonyl (C=O) groups excluding carboxylic acids is 1. The number of carbonyl (C=O) groups is 1. The molecule has 2 heterocycles. The number of hydrogen-bond donors (Lipinski definition) is 1. The van der Waals surface area contributed by atoms with Gasteiger partial charge in [-0.3, -0.25) is 9.78 Å². The summed E-state index contributed by atoms with van der Waals surface area (Å²) in [5, 5.41) is 7.77. The number of aromatic nitrogens is 3. The number of fused-ring (bicyclic) bond motifs is 1. The van der Waals surface area contributed by atoms with Crippen molar-refractivity contribution in [3.8, 4) is 11.4 Å². The van der Waals surface area contributed by atoms with E-state index in [4.69, 9.17) is 4.52 Å². The molecule has 23 heavy (non-hydrogen) atoms. The normalized spacial score (nSPS) is 16.0. The van der Waals surface area contributed by atoms with Crippen molar-refractivity contribution in [2.45, 2.75) is 24.7 Å². The van der Waals surface area contributed by atoms with Gasteiger partial charge in [-0.2, -0.15) is 4.98 Å². The first kappa shape index (κ1) is 13.9. The molecule has 0 unspecified atom stereocenters. The molecule has 116 valence electrons. The molecule has 6 nitrogen and oxygen atoms in total. The Morgan fingerprint density at radius 2 is 2.13 bits per heavy atom. The number of benzene rings is 1. The van der Waals surface area contributed by atoms with Crippen LogP contribution in [0.4, 0.5) is 0 Å². The second-order valence-electron chi connectivity index (χ2n) is 5.85. The molecular weight excluding hydrogens is 292 g/mol. The third kappa shape index (κ3) is 2.10. The maximum Gasteiger partial charge on any atom is 0.242 e. The second-order valence-corrected chi connectivity index (χ2v) is 5.85. The number of pyridine rings is 1. The van der Waals surface area contributed by atoms with E-state index in [2.05, 4.69) is 20.4 Å². The number of nitrogens with zero attached hydrogens (tertiary/aromatic N) is 3. The highest BCUT2D eigenvalue weighted by Crippen LogP contribution is 2.43. The zero-order valence-electron chi connectivity index (χ0n) is 12.7. The highest BCUT2D eigenvalue weighted by atomic mass is 16.5. The maximum absolute atomic E-state index is 12.2. The van der Waals surface area contributed by atoms with Crippen LogP contribution in [0.15, 0.2) is 41.1 Å². The van der Waals surface area contributed by atoms with Crippen molar-refractivity contribution in [3.05, 3.63) is 42.4 Å². The zero-order valence-corrected chi connectivity index (χ0v) is 12.7. The van der Waals surface area contributed by atoms with Crippen LogP contribution in [0.3, 0.4) is 0 Å². The van der Waals surface area contributed by atoms with Crippen LogP contribution < -0.4 is 5.32 Å². The van der Waals surface area contributed by atoms with E-state index in [1.54, 1.807) is 13.2 Å². The van der Waals surface area contributed by atoms with Crippen LogP contribution in [0, 0.1) is 0 Å². The number of likely N-dealkylation sites (N-methyl/N-ethyl adjacent to an activating group) is 1. The minimum absolute atomic E-state index is 0.0596. The number of para-hydroxylation sites is 1. The van der Waals surface area contributed by atoms with E-state index in [-0.39, 0.29) is 5.91 Å².